The maximum absolute atomic E-state index is 11.3. The monoisotopic (exact) mass is 266 g/mol. The van der Waals surface area contributed by atoms with E-state index in [0.717, 1.165) is 0 Å². The van der Waals surface area contributed by atoms with Crippen molar-refractivity contribution in [2.24, 2.45) is 0 Å². The molecule has 0 aromatic carbocycles. The molecular formula is C9H18N2O5S. The number of urea groups is 1. The normalized spacial score (nSPS) is 15.7. The number of carbonyl (C=O) groups excluding carboxylic acids is 1. The fourth-order valence-corrected chi connectivity index (χ4v) is 1.27. The van der Waals surface area contributed by atoms with Gasteiger partial charge in [0.25, 0.3) is 0 Å². The lowest BCUT2D eigenvalue weighted by Gasteiger charge is -2.15. The Morgan fingerprint density at radius 2 is 2.00 bits per heavy atom. The molecule has 0 heterocycles. The summed E-state index contributed by atoms with van der Waals surface area (Å²) in [5.41, 5.74) is 0. The summed E-state index contributed by atoms with van der Waals surface area (Å²) in [7, 11) is -1.05. The number of aliphatic carboxylic acids is 1. The first-order valence-electron chi connectivity index (χ1n) is 5.08. The van der Waals surface area contributed by atoms with Gasteiger partial charge in [0.1, 0.15) is 6.04 Å². The molecule has 0 aromatic heterocycles. The van der Waals surface area contributed by atoms with Crippen LogP contribution >= 0.6 is 0 Å². The topological polar surface area (TPSA) is 116 Å². The van der Waals surface area contributed by atoms with E-state index < -0.39 is 28.8 Å². The highest BCUT2D eigenvalue weighted by Crippen LogP contribution is 1.92. The maximum Gasteiger partial charge on any atom is 0.326 e. The number of hydrogen-bond acceptors (Lipinski definition) is 4. The summed E-state index contributed by atoms with van der Waals surface area (Å²) in [5, 5.41) is 21.7. The molecule has 0 spiro atoms. The summed E-state index contributed by atoms with van der Waals surface area (Å²) in [5.74, 6) is -1.21. The second-order valence-electron chi connectivity index (χ2n) is 3.57. The maximum atomic E-state index is 11.3. The molecule has 0 bridgehead atoms. The molecule has 0 aliphatic heterocycles. The van der Waals surface area contributed by atoms with Gasteiger partial charge in [-0.2, -0.15) is 0 Å². The average Bonchev–Trinajstić information content (AvgIpc) is 2.24. The van der Waals surface area contributed by atoms with Gasteiger partial charge in [-0.1, -0.05) is 0 Å². The van der Waals surface area contributed by atoms with Crippen LogP contribution in [0.4, 0.5) is 4.79 Å². The highest BCUT2D eigenvalue weighted by molar-refractivity contribution is 7.84. The minimum absolute atomic E-state index is 0.0575. The third-order valence-corrected chi connectivity index (χ3v) is 3.44. The van der Waals surface area contributed by atoms with Crippen LogP contribution in [0.3, 0.4) is 0 Å². The van der Waals surface area contributed by atoms with Crippen molar-refractivity contribution in [1.82, 2.24) is 10.6 Å². The summed E-state index contributed by atoms with van der Waals surface area (Å²) >= 11 is 0. The summed E-state index contributed by atoms with van der Waals surface area (Å²) in [4.78, 5) is 22.0. The van der Waals surface area contributed by atoms with Crippen LogP contribution in [-0.2, 0) is 15.6 Å². The fourth-order valence-electron chi connectivity index (χ4n) is 0.950. The molecule has 0 fully saturated rings. The highest BCUT2D eigenvalue weighted by atomic mass is 32.2. The Hall–Kier alpha value is -1.15. The number of rotatable bonds is 7. The molecule has 3 atom stereocenters. The molecule has 4 N–H and O–H groups in total. The van der Waals surface area contributed by atoms with Crippen molar-refractivity contribution in [3.63, 3.8) is 0 Å². The highest BCUT2D eigenvalue weighted by Gasteiger charge is 2.19. The Balaban J connectivity index is 4.06. The van der Waals surface area contributed by atoms with Crippen LogP contribution < -0.4 is 10.6 Å². The molecule has 8 heteroatoms. The van der Waals surface area contributed by atoms with Gasteiger partial charge in [0.15, 0.2) is 0 Å². The number of hydrogen-bond donors (Lipinski definition) is 4. The minimum atomic E-state index is -1.21. The predicted molar refractivity (Wildman–Crippen MR) is 63.2 cm³/mol. The third kappa shape index (κ3) is 6.90. The lowest BCUT2D eigenvalue weighted by molar-refractivity contribution is -0.139. The van der Waals surface area contributed by atoms with E-state index >= 15 is 0 Å². The van der Waals surface area contributed by atoms with E-state index in [1.807, 2.05) is 0 Å². The lowest BCUT2D eigenvalue weighted by atomic mass is 10.2. The SMILES string of the molecule is CC(CNC(=O)N[C@H](CCO)C(=O)O)S(C)=O. The van der Waals surface area contributed by atoms with E-state index in [-0.39, 0.29) is 24.8 Å². The molecule has 17 heavy (non-hydrogen) atoms. The van der Waals surface area contributed by atoms with Crippen molar-refractivity contribution in [3.8, 4) is 0 Å². The van der Waals surface area contributed by atoms with Crippen molar-refractivity contribution < 1.29 is 24.0 Å². The Labute approximate surface area is 102 Å². The Morgan fingerprint density at radius 3 is 2.41 bits per heavy atom. The van der Waals surface area contributed by atoms with Crippen molar-refractivity contribution in [3.05, 3.63) is 0 Å². The van der Waals surface area contributed by atoms with Crippen LogP contribution in [0.15, 0.2) is 0 Å². The Kier molecular flexibility index (Phi) is 7.47. The number of carboxylic acids is 1. The van der Waals surface area contributed by atoms with E-state index in [1.54, 1.807) is 6.92 Å². The van der Waals surface area contributed by atoms with Crippen molar-refractivity contribution in [1.29, 1.82) is 0 Å². The van der Waals surface area contributed by atoms with Gasteiger partial charge in [-0.15, -0.1) is 0 Å². The Bertz CT molecular complexity index is 297. The van der Waals surface area contributed by atoms with Gasteiger partial charge in [-0.3, -0.25) is 4.21 Å². The quantitative estimate of drug-likeness (QED) is 0.466. The summed E-state index contributed by atoms with van der Waals surface area (Å²) in [6.07, 6.45) is 1.47. The second kappa shape index (κ2) is 8.02. The fraction of sp³-hybridized carbons (Fsp3) is 0.778. The van der Waals surface area contributed by atoms with Gasteiger partial charge < -0.3 is 20.8 Å². The van der Waals surface area contributed by atoms with E-state index in [0.29, 0.717) is 0 Å². The zero-order valence-electron chi connectivity index (χ0n) is 9.80. The van der Waals surface area contributed by atoms with Crippen LogP contribution in [0, 0.1) is 0 Å². The minimum Gasteiger partial charge on any atom is -0.480 e. The molecule has 2 unspecified atom stereocenters. The number of carboxylic acid groups (broad SMARTS) is 1. The molecular weight excluding hydrogens is 248 g/mol. The van der Waals surface area contributed by atoms with E-state index in [9.17, 15) is 13.8 Å². The van der Waals surface area contributed by atoms with Gasteiger partial charge in [-0.05, 0) is 6.92 Å². The smallest absolute Gasteiger partial charge is 0.326 e. The number of aliphatic hydroxyl groups excluding tert-OH is 1. The molecule has 0 rings (SSSR count). The van der Waals surface area contributed by atoms with Crippen LogP contribution in [0.1, 0.15) is 13.3 Å². The first-order chi connectivity index (χ1) is 7.88. The van der Waals surface area contributed by atoms with Gasteiger partial charge in [-0.25, -0.2) is 9.59 Å². The molecule has 0 aromatic rings. The van der Waals surface area contributed by atoms with Crippen molar-refractivity contribution >= 4 is 22.8 Å². The number of aliphatic hydroxyl groups is 1. The van der Waals surface area contributed by atoms with Crippen molar-refractivity contribution in [2.75, 3.05) is 19.4 Å². The number of carbonyl (C=O) groups is 2. The van der Waals surface area contributed by atoms with E-state index in [2.05, 4.69) is 10.6 Å². The first-order valence-corrected chi connectivity index (χ1v) is 6.70. The molecule has 2 amide bonds. The summed E-state index contributed by atoms with van der Waals surface area (Å²) in [6, 6.07) is -1.77. The standard InChI is InChI=1S/C9H18N2O5S/c1-6(17(2)16)5-10-9(15)11-7(3-4-12)8(13)14/h6-7,12H,3-5H2,1-2H3,(H,13,14)(H2,10,11,15)/t6?,7-,17?/m1/s1. The van der Waals surface area contributed by atoms with Crippen LogP contribution in [0.25, 0.3) is 0 Å². The van der Waals surface area contributed by atoms with Crippen molar-refractivity contribution in [2.45, 2.75) is 24.6 Å². The number of nitrogens with one attached hydrogen (secondary N) is 2. The third-order valence-electron chi connectivity index (χ3n) is 2.14. The predicted octanol–water partition coefficient (Wildman–Crippen LogP) is -1.11. The molecule has 100 valence electrons. The van der Waals surface area contributed by atoms with Crippen LogP contribution in [0.5, 0.6) is 0 Å². The molecule has 0 saturated heterocycles. The van der Waals surface area contributed by atoms with Crippen LogP contribution in [-0.4, -0.2) is 57.1 Å². The second-order valence-corrected chi connectivity index (χ2v) is 5.37. The molecule has 0 aliphatic carbocycles. The number of amides is 2. The average molecular weight is 266 g/mol. The first kappa shape index (κ1) is 15.9. The van der Waals surface area contributed by atoms with Gasteiger partial charge >= 0.3 is 12.0 Å². The summed E-state index contributed by atoms with van der Waals surface area (Å²) in [6.45, 7) is 1.58. The molecule has 0 aliphatic rings. The van der Waals surface area contributed by atoms with Crippen LogP contribution in [0.2, 0.25) is 0 Å². The Morgan fingerprint density at radius 1 is 1.41 bits per heavy atom. The molecule has 0 saturated carbocycles. The van der Waals surface area contributed by atoms with Gasteiger partial charge in [0, 0.05) is 41.9 Å². The summed E-state index contributed by atoms with van der Waals surface area (Å²) < 4.78 is 11.0. The molecule has 7 nitrogen and oxygen atoms in total. The molecule has 0 radical (unpaired) electrons. The van der Waals surface area contributed by atoms with Gasteiger partial charge in [0.2, 0.25) is 0 Å². The lowest BCUT2D eigenvalue weighted by Crippen LogP contribution is -2.48. The van der Waals surface area contributed by atoms with E-state index in [4.69, 9.17) is 10.2 Å². The zero-order chi connectivity index (χ0) is 13.4. The zero-order valence-corrected chi connectivity index (χ0v) is 10.6. The largest absolute Gasteiger partial charge is 0.480 e. The van der Waals surface area contributed by atoms with E-state index in [1.165, 1.54) is 6.26 Å². The van der Waals surface area contributed by atoms with Gasteiger partial charge in [0.05, 0.1) is 0 Å².